The summed E-state index contributed by atoms with van der Waals surface area (Å²) in [4.78, 5) is 0.210. The molecule has 0 saturated heterocycles. The summed E-state index contributed by atoms with van der Waals surface area (Å²) in [5.41, 5.74) is 0.473. The zero-order valence-electron chi connectivity index (χ0n) is 12.0. The summed E-state index contributed by atoms with van der Waals surface area (Å²) in [6.45, 7) is 0.443. The van der Waals surface area contributed by atoms with Gasteiger partial charge in [0.25, 0.3) is 0 Å². The van der Waals surface area contributed by atoms with Crippen LogP contribution in [0.1, 0.15) is 37.7 Å². The molecule has 0 atom stereocenters. The molecule has 5 heteroatoms. The summed E-state index contributed by atoms with van der Waals surface area (Å²) in [6.07, 6.45) is 4.89. The molecule has 2 rings (SSSR count). The van der Waals surface area contributed by atoms with Gasteiger partial charge in [0.1, 0.15) is 0 Å². The zero-order chi connectivity index (χ0) is 15.1. The quantitative estimate of drug-likeness (QED) is 0.597. The fourth-order valence-electron chi connectivity index (χ4n) is 2.10. The van der Waals surface area contributed by atoms with Crippen LogP contribution in [0.2, 0.25) is 0 Å². The highest BCUT2D eigenvalue weighted by atomic mass is 32.2. The Morgan fingerprint density at radius 3 is 2.76 bits per heavy atom. The average Bonchev–Trinajstić information content (AvgIpc) is 3.29. The highest BCUT2D eigenvalue weighted by Gasteiger charge is 2.21. The van der Waals surface area contributed by atoms with E-state index in [4.69, 9.17) is 5.11 Å². The molecule has 0 radical (unpaired) electrons. The molecular formula is C16H21NO3S. The van der Waals surface area contributed by atoms with E-state index in [9.17, 15) is 8.42 Å². The van der Waals surface area contributed by atoms with E-state index in [1.54, 1.807) is 24.3 Å². The maximum absolute atomic E-state index is 12.3. The number of aliphatic hydroxyl groups excluding tert-OH is 1. The molecule has 1 aliphatic carbocycles. The van der Waals surface area contributed by atoms with Crippen LogP contribution in [0.25, 0.3) is 0 Å². The largest absolute Gasteiger partial charge is 0.395 e. The second-order valence-electron chi connectivity index (χ2n) is 5.25. The number of nitrogens with one attached hydrogen (secondary N) is 1. The Bertz CT molecular complexity index is 624. The number of aliphatic hydroxyl groups is 1. The van der Waals surface area contributed by atoms with Crippen molar-refractivity contribution in [2.24, 2.45) is 5.92 Å². The lowest BCUT2D eigenvalue weighted by Crippen LogP contribution is -2.25. The van der Waals surface area contributed by atoms with Gasteiger partial charge in [-0.3, -0.25) is 0 Å². The summed E-state index contributed by atoms with van der Waals surface area (Å²) in [5, 5.41) is 8.73. The SMILES string of the molecule is O=S(=O)(NCCCC1CC1)c1ccccc1C#CCCO. The molecule has 114 valence electrons. The van der Waals surface area contributed by atoms with Gasteiger partial charge in [-0.15, -0.1) is 0 Å². The third-order valence-electron chi connectivity index (χ3n) is 3.41. The smallest absolute Gasteiger partial charge is 0.241 e. The Morgan fingerprint density at radius 2 is 2.05 bits per heavy atom. The lowest BCUT2D eigenvalue weighted by molar-refractivity contribution is 0.305. The standard InChI is InChI=1S/C16H21NO3S/c18-13-4-3-8-15-7-1-2-9-16(15)21(19,20)17-12-5-6-14-10-11-14/h1-2,7,9,14,17-18H,4-6,10-13H2. The van der Waals surface area contributed by atoms with Gasteiger partial charge in [0, 0.05) is 18.5 Å². The van der Waals surface area contributed by atoms with Crippen LogP contribution in [-0.4, -0.2) is 26.7 Å². The van der Waals surface area contributed by atoms with Crippen LogP contribution >= 0.6 is 0 Å². The number of benzene rings is 1. The van der Waals surface area contributed by atoms with Crippen molar-refractivity contribution in [1.82, 2.24) is 4.72 Å². The molecule has 0 bridgehead atoms. The maximum atomic E-state index is 12.3. The van der Waals surface area contributed by atoms with Gasteiger partial charge in [0.2, 0.25) is 10.0 Å². The van der Waals surface area contributed by atoms with Gasteiger partial charge >= 0.3 is 0 Å². The molecule has 0 aliphatic heterocycles. The molecular weight excluding hydrogens is 286 g/mol. The number of sulfonamides is 1. The molecule has 0 heterocycles. The second-order valence-corrected chi connectivity index (χ2v) is 6.99. The number of hydrogen-bond acceptors (Lipinski definition) is 3. The highest BCUT2D eigenvalue weighted by Crippen LogP contribution is 2.33. The Morgan fingerprint density at radius 1 is 1.29 bits per heavy atom. The Balaban J connectivity index is 2.02. The summed E-state index contributed by atoms with van der Waals surface area (Å²) in [6, 6.07) is 6.69. The van der Waals surface area contributed by atoms with E-state index in [0.29, 0.717) is 18.5 Å². The van der Waals surface area contributed by atoms with Crippen molar-refractivity contribution in [3.05, 3.63) is 29.8 Å². The third-order valence-corrected chi connectivity index (χ3v) is 4.93. The van der Waals surface area contributed by atoms with Crippen LogP contribution in [0.5, 0.6) is 0 Å². The molecule has 4 nitrogen and oxygen atoms in total. The van der Waals surface area contributed by atoms with Crippen LogP contribution in [-0.2, 0) is 10.0 Å². The Labute approximate surface area is 126 Å². The lowest BCUT2D eigenvalue weighted by atomic mass is 10.2. The molecule has 1 saturated carbocycles. The Kier molecular flexibility index (Phi) is 5.80. The highest BCUT2D eigenvalue weighted by molar-refractivity contribution is 7.89. The molecule has 1 fully saturated rings. The first-order valence-corrected chi connectivity index (χ1v) is 8.80. The normalized spacial score (nSPS) is 14.5. The van der Waals surface area contributed by atoms with Crippen LogP contribution < -0.4 is 4.72 Å². The van der Waals surface area contributed by atoms with Crippen molar-refractivity contribution < 1.29 is 13.5 Å². The van der Waals surface area contributed by atoms with Gasteiger partial charge in [-0.25, -0.2) is 13.1 Å². The minimum absolute atomic E-state index is 0.0265. The summed E-state index contributed by atoms with van der Waals surface area (Å²) in [5.74, 6) is 6.38. The van der Waals surface area contributed by atoms with Crippen molar-refractivity contribution in [3.63, 3.8) is 0 Å². The predicted molar refractivity (Wildman–Crippen MR) is 82.2 cm³/mol. The molecule has 2 N–H and O–H groups in total. The molecule has 1 aromatic rings. The Hall–Kier alpha value is -1.35. The topological polar surface area (TPSA) is 66.4 Å². The van der Waals surface area contributed by atoms with Crippen LogP contribution in [0, 0.1) is 17.8 Å². The van der Waals surface area contributed by atoms with Crippen LogP contribution in [0.3, 0.4) is 0 Å². The van der Waals surface area contributed by atoms with Crippen molar-refractivity contribution in [2.75, 3.05) is 13.2 Å². The molecule has 0 unspecified atom stereocenters. The van der Waals surface area contributed by atoms with E-state index in [2.05, 4.69) is 16.6 Å². The zero-order valence-corrected chi connectivity index (χ0v) is 12.8. The molecule has 1 aliphatic rings. The van der Waals surface area contributed by atoms with Crippen molar-refractivity contribution in [1.29, 1.82) is 0 Å². The first-order chi connectivity index (χ1) is 10.1. The van der Waals surface area contributed by atoms with Gasteiger partial charge in [0.15, 0.2) is 0 Å². The molecule has 0 amide bonds. The van der Waals surface area contributed by atoms with Crippen molar-refractivity contribution >= 4 is 10.0 Å². The molecule has 0 spiro atoms. The van der Waals surface area contributed by atoms with Gasteiger partial charge in [-0.05, 0) is 30.9 Å². The minimum atomic E-state index is -3.52. The molecule has 1 aromatic carbocycles. The van der Waals surface area contributed by atoms with Gasteiger partial charge < -0.3 is 5.11 Å². The molecule has 0 aromatic heterocycles. The van der Waals surface area contributed by atoms with Crippen molar-refractivity contribution in [2.45, 2.75) is 37.0 Å². The minimum Gasteiger partial charge on any atom is -0.395 e. The lowest BCUT2D eigenvalue weighted by Gasteiger charge is -2.08. The first-order valence-electron chi connectivity index (χ1n) is 7.32. The van der Waals surface area contributed by atoms with Gasteiger partial charge in [-0.1, -0.05) is 36.8 Å². The van der Waals surface area contributed by atoms with Crippen LogP contribution in [0.4, 0.5) is 0 Å². The van der Waals surface area contributed by atoms with Gasteiger partial charge in [-0.2, -0.15) is 0 Å². The maximum Gasteiger partial charge on any atom is 0.241 e. The summed E-state index contributed by atoms with van der Waals surface area (Å²) in [7, 11) is -3.52. The summed E-state index contributed by atoms with van der Waals surface area (Å²) >= 11 is 0. The van der Waals surface area contributed by atoms with Crippen LogP contribution in [0.15, 0.2) is 29.2 Å². The van der Waals surface area contributed by atoms with Gasteiger partial charge in [0.05, 0.1) is 11.5 Å². The fraction of sp³-hybridized carbons (Fsp3) is 0.500. The molecule has 21 heavy (non-hydrogen) atoms. The average molecular weight is 307 g/mol. The third kappa shape index (κ3) is 5.16. The number of rotatable bonds is 7. The predicted octanol–water partition coefficient (Wildman–Crippen LogP) is 1.89. The van der Waals surface area contributed by atoms with E-state index >= 15 is 0 Å². The fourth-order valence-corrected chi connectivity index (χ4v) is 3.33. The number of hydrogen-bond donors (Lipinski definition) is 2. The van der Waals surface area contributed by atoms with E-state index in [1.807, 2.05) is 0 Å². The monoisotopic (exact) mass is 307 g/mol. The van der Waals surface area contributed by atoms with E-state index in [0.717, 1.165) is 18.8 Å². The van der Waals surface area contributed by atoms with E-state index < -0.39 is 10.0 Å². The first kappa shape index (κ1) is 16.0. The van der Waals surface area contributed by atoms with E-state index in [1.165, 1.54) is 12.8 Å². The summed E-state index contributed by atoms with van der Waals surface area (Å²) < 4.78 is 27.3. The second kappa shape index (κ2) is 7.60. The van der Waals surface area contributed by atoms with E-state index in [-0.39, 0.29) is 11.5 Å². The van der Waals surface area contributed by atoms with Crippen molar-refractivity contribution in [3.8, 4) is 11.8 Å².